The SMILES string of the molecule is Cc1ccc(N(C)C(=O)/C(C=NCC2OCC3(CC3)CO2)=N/N)nc1C#CC1CC1. The van der Waals surface area contributed by atoms with Crippen molar-refractivity contribution in [1.82, 2.24) is 4.98 Å². The van der Waals surface area contributed by atoms with E-state index in [0.717, 1.165) is 31.2 Å². The molecule has 4 rings (SSSR count). The van der Waals surface area contributed by atoms with Gasteiger partial charge in [0, 0.05) is 18.4 Å². The predicted octanol–water partition coefficient (Wildman–Crippen LogP) is 1.65. The van der Waals surface area contributed by atoms with E-state index < -0.39 is 12.2 Å². The summed E-state index contributed by atoms with van der Waals surface area (Å²) in [5.41, 5.74) is 1.92. The van der Waals surface area contributed by atoms with Crippen LogP contribution in [0.4, 0.5) is 5.82 Å². The van der Waals surface area contributed by atoms with E-state index in [2.05, 4.69) is 26.9 Å². The molecule has 0 aromatic carbocycles. The van der Waals surface area contributed by atoms with Gasteiger partial charge in [0.1, 0.15) is 11.5 Å². The van der Waals surface area contributed by atoms with E-state index in [0.29, 0.717) is 30.6 Å². The van der Waals surface area contributed by atoms with Crippen molar-refractivity contribution in [2.24, 2.45) is 27.3 Å². The number of amides is 1. The molecule has 1 amide bonds. The van der Waals surface area contributed by atoms with Gasteiger partial charge in [0.15, 0.2) is 12.0 Å². The van der Waals surface area contributed by atoms with E-state index in [4.69, 9.17) is 15.3 Å². The Hall–Kier alpha value is -2.76. The fourth-order valence-electron chi connectivity index (χ4n) is 3.07. The number of hydrogen-bond acceptors (Lipinski definition) is 7. The summed E-state index contributed by atoms with van der Waals surface area (Å²) in [6, 6.07) is 3.68. The van der Waals surface area contributed by atoms with Crippen molar-refractivity contribution in [2.75, 3.05) is 31.7 Å². The molecule has 158 valence electrons. The minimum absolute atomic E-state index is 0.0277. The zero-order valence-electron chi connectivity index (χ0n) is 17.4. The Labute approximate surface area is 176 Å². The van der Waals surface area contributed by atoms with Crippen LogP contribution in [-0.4, -0.2) is 55.9 Å². The standard InChI is InChI=1S/C22H27N5O3/c1-15-3-8-19(25-17(15)7-6-16-4-5-16)27(2)21(28)18(26-23)11-24-12-20-29-13-22(9-10-22)14-30-20/h3,8,11,16,20H,4-5,9-10,12-14,23H2,1-2H3/b24-11?,26-18+. The average molecular weight is 409 g/mol. The first-order valence-electron chi connectivity index (χ1n) is 10.3. The van der Waals surface area contributed by atoms with Crippen LogP contribution in [0.1, 0.15) is 36.9 Å². The molecule has 1 aromatic rings. The molecule has 2 aliphatic carbocycles. The van der Waals surface area contributed by atoms with Crippen molar-refractivity contribution in [1.29, 1.82) is 0 Å². The van der Waals surface area contributed by atoms with Gasteiger partial charge in [-0.05, 0) is 50.2 Å². The Balaban J connectivity index is 1.37. The maximum Gasteiger partial charge on any atom is 0.281 e. The number of aliphatic imine (C=N–C) groups is 1. The molecule has 2 saturated carbocycles. The summed E-state index contributed by atoms with van der Waals surface area (Å²) in [7, 11) is 1.62. The molecule has 0 bridgehead atoms. The van der Waals surface area contributed by atoms with Crippen LogP contribution < -0.4 is 10.7 Å². The Morgan fingerprint density at radius 2 is 2.10 bits per heavy atom. The number of nitrogens with two attached hydrogens (primary N) is 1. The molecule has 8 heteroatoms. The van der Waals surface area contributed by atoms with Gasteiger partial charge in [0.2, 0.25) is 0 Å². The lowest BCUT2D eigenvalue weighted by Crippen LogP contribution is -2.36. The summed E-state index contributed by atoms with van der Waals surface area (Å²) >= 11 is 0. The highest BCUT2D eigenvalue weighted by Gasteiger charge is 2.46. The number of rotatable bonds is 5. The number of anilines is 1. The Bertz CT molecular complexity index is 928. The van der Waals surface area contributed by atoms with Crippen LogP contribution in [0, 0.1) is 30.1 Å². The second-order valence-corrected chi connectivity index (χ2v) is 8.30. The van der Waals surface area contributed by atoms with Crippen LogP contribution in [0.15, 0.2) is 22.2 Å². The molecular weight excluding hydrogens is 382 g/mol. The Kier molecular flexibility index (Phi) is 5.84. The first-order chi connectivity index (χ1) is 14.5. The van der Waals surface area contributed by atoms with Crippen LogP contribution >= 0.6 is 0 Å². The second kappa shape index (κ2) is 8.54. The predicted molar refractivity (Wildman–Crippen MR) is 114 cm³/mol. The van der Waals surface area contributed by atoms with Gasteiger partial charge < -0.3 is 15.3 Å². The number of aromatic nitrogens is 1. The molecule has 2 N–H and O–H groups in total. The third-order valence-corrected chi connectivity index (χ3v) is 5.64. The molecular formula is C22H27N5O3. The van der Waals surface area contributed by atoms with Gasteiger partial charge in [-0.3, -0.25) is 14.7 Å². The van der Waals surface area contributed by atoms with E-state index in [9.17, 15) is 4.79 Å². The molecule has 3 fully saturated rings. The normalized spacial score (nSPS) is 20.8. The largest absolute Gasteiger partial charge is 0.350 e. The van der Waals surface area contributed by atoms with Gasteiger partial charge in [0.25, 0.3) is 5.91 Å². The van der Waals surface area contributed by atoms with Crippen molar-refractivity contribution < 1.29 is 14.3 Å². The van der Waals surface area contributed by atoms with Gasteiger partial charge in [-0.1, -0.05) is 12.0 Å². The topological polar surface area (TPSA) is 102 Å². The lowest BCUT2D eigenvalue weighted by Gasteiger charge is -2.28. The molecule has 0 radical (unpaired) electrons. The molecule has 3 aliphatic rings. The summed E-state index contributed by atoms with van der Waals surface area (Å²) in [4.78, 5) is 23.0. The highest BCUT2D eigenvalue weighted by Crippen LogP contribution is 2.48. The number of nitrogens with zero attached hydrogens (tertiary/aromatic N) is 4. The summed E-state index contributed by atoms with van der Waals surface area (Å²) in [6.07, 6.45) is 5.58. The van der Waals surface area contributed by atoms with E-state index >= 15 is 0 Å². The summed E-state index contributed by atoms with van der Waals surface area (Å²) in [5.74, 6) is 12.3. The van der Waals surface area contributed by atoms with Crippen LogP contribution in [0.3, 0.4) is 0 Å². The fraction of sp³-hybridized carbons (Fsp3) is 0.545. The summed E-state index contributed by atoms with van der Waals surface area (Å²) in [5, 5.41) is 3.60. The molecule has 0 unspecified atom stereocenters. The molecule has 1 aromatic heterocycles. The maximum atomic E-state index is 12.8. The van der Waals surface area contributed by atoms with E-state index in [1.807, 2.05) is 13.0 Å². The van der Waals surface area contributed by atoms with Gasteiger partial charge >= 0.3 is 0 Å². The molecule has 2 heterocycles. The first kappa shape index (κ1) is 20.5. The van der Waals surface area contributed by atoms with Crippen molar-refractivity contribution in [2.45, 2.75) is 38.9 Å². The van der Waals surface area contributed by atoms with E-state index in [1.54, 1.807) is 13.1 Å². The molecule has 1 saturated heterocycles. The average Bonchev–Trinajstić information content (AvgIpc) is 3.69. The van der Waals surface area contributed by atoms with Gasteiger partial charge in [-0.2, -0.15) is 5.10 Å². The zero-order valence-corrected chi connectivity index (χ0v) is 17.4. The number of hydrogen-bond donors (Lipinski definition) is 1. The van der Waals surface area contributed by atoms with Crippen LogP contribution in [0.25, 0.3) is 0 Å². The zero-order chi connectivity index (χ0) is 21.1. The highest BCUT2D eigenvalue weighted by molar-refractivity contribution is 6.63. The minimum atomic E-state index is -0.402. The molecule has 30 heavy (non-hydrogen) atoms. The van der Waals surface area contributed by atoms with Crippen LogP contribution in [0.5, 0.6) is 0 Å². The summed E-state index contributed by atoms with van der Waals surface area (Å²) < 4.78 is 11.4. The molecule has 1 spiro atoms. The lowest BCUT2D eigenvalue weighted by atomic mass is 10.1. The van der Waals surface area contributed by atoms with Crippen molar-refractivity contribution in [3.63, 3.8) is 0 Å². The first-order valence-corrected chi connectivity index (χ1v) is 10.3. The number of carbonyl (C=O) groups is 1. The monoisotopic (exact) mass is 409 g/mol. The number of ether oxygens (including phenoxy) is 2. The molecule has 1 aliphatic heterocycles. The third kappa shape index (κ3) is 4.86. The third-order valence-electron chi connectivity index (χ3n) is 5.64. The minimum Gasteiger partial charge on any atom is -0.350 e. The smallest absolute Gasteiger partial charge is 0.281 e. The quantitative estimate of drug-likeness (QED) is 0.345. The van der Waals surface area contributed by atoms with E-state index in [1.165, 1.54) is 11.1 Å². The molecule has 8 nitrogen and oxygen atoms in total. The van der Waals surface area contributed by atoms with Crippen LogP contribution in [-0.2, 0) is 14.3 Å². The van der Waals surface area contributed by atoms with E-state index in [-0.39, 0.29) is 17.7 Å². The van der Waals surface area contributed by atoms with Gasteiger partial charge in [-0.25, -0.2) is 4.98 Å². The highest BCUT2D eigenvalue weighted by atomic mass is 16.7. The van der Waals surface area contributed by atoms with Crippen molar-refractivity contribution in [3.05, 3.63) is 23.4 Å². The van der Waals surface area contributed by atoms with Gasteiger partial charge in [0.05, 0.1) is 26.0 Å². The Morgan fingerprint density at radius 3 is 2.73 bits per heavy atom. The maximum absolute atomic E-state index is 12.8. The summed E-state index contributed by atoms with van der Waals surface area (Å²) in [6.45, 7) is 3.65. The van der Waals surface area contributed by atoms with Crippen molar-refractivity contribution in [3.8, 4) is 11.8 Å². The van der Waals surface area contributed by atoms with Crippen LogP contribution in [0.2, 0.25) is 0 Å². The fourth-order valence-corrected chi connectivity index (χ4v) is 3.07. The molecule has 0 atom stereocenters. The number of aryl methyl sites for hydroxylation is 1. The number of hydrazone groups is 1. The number of pyridine rings is 1. The lowest BCUT2D eigenvalue weighted by molar-refractivity contribution is -0.201. The Morgan fingerprint density at radius 1 is 1.37 bits per heavy atom. The number of carbonyl (C=O) groups excluding carboxylic acids is 1. The second-order valence-electron chi connectivity index (χ2n) is 8.30. The van der Waals surface area contributed by atoms with Gasteiger partial charge in [-0.15, -0.1) is 0 Å². The van der Waals surface area contributed by atoms with Crippen molar-refractivity contribution >= 4 is 23.7 Å².